The van der Waals surface area contributed by atoms with Crippen molar-refractivity contribution < 1.29 is 24.3 Å². The van der Waals surface area contributed by atoms with Crippen molar-refractivity contribution >= 4 is 39.1 Å². The van der Waals surface area contributed by atoms with Crippen molar-refractivity contribution in [3.63, 3.8) is 0 Å². The summed E-state index contributed by atoms with van der Waals surface area (Å²) in [6, 6.07) is 20.3. The zero-order chi connectivity index (χ0) is 22.4. The van der Waals surface area contributed by atoms with Crippen molar-refractivity contribution in [3.05, 3.63) is 82.8 Å². The number of fused-ring (bicyclic) bond motifs is 1. The van der Waals surface area contributed by atoms with Crippen LogP contribution in [0.4, 0.5) is 11.4 Å². The van der Waals surface area contributed by atoms with E-state index >= 15 is 0 Å². The molecule has 2 fully saturated rings. The SMILES string of the molecule is COc1ccc(N2C(=O)[C@@H]3[C@H](ON(c4ccccc4)[C@@H]3c3cc(Br)ccc3O)C2=O)cc1. The van der Waals surface area contributed by atoms with Gasteiger partial charge in [-0.3, -0.25) is 14.4 Å². The zero-order valence-electron chi connectivity index (χ0n) is 17.0. The van der Waals surface area contributed by atoms with Crippen molar-refractivity contribution in [1.82, 2.24) is 0 Å². The first-order valence-electron chi connectivity index (χ1n) is 10.0. The molecule has 3 aromatic carbocycles. The van der Waals surface area contributed by atoms with E-state index in [0.717, 1.165) is 9.37 Å². The van der Waals surface area contributed by atoms with E-state index in [1.165, 1.54) is 0 Å². The van der Waals surface area contributed by atoms with E-state index in [-0.39, 0.29) is 11.7 Å². The average Bonchev–Trinajstić information content (AvgIpc) is 3.32. The fraction of sp³-hybridized carbons (Fsp3) is 0.167. The maximum Gasteiger partial charge on any atom is 0.266 e. The number of benzene rings is 3. The third kappa shape index (κ3) is 3.23. The first kappa shape index (κ1) is 20.5. The van der Waals surface area contributed by atoms with E-state index in [0.29, 0.717) is 22.7 Å². The van der Waals surface area contributed by atoms with Gasteiger partial charge in [-0.15, -0.1) is 0 Å². The smallest absolute Gasteiger partial charge is 0.266 e. The van der Waals surface area contributed by atoms with Gasteiger partial charge in [0.15, 0.2) is 6.10 Å². The highest BCUT2D eigenvalue weighted by molar-refractivity contribution is 9.10. The van der Waals surface area contributed by atoms with Gasteiger partial charge in [0, 0.05) is 10.0 Å². The Bertz CT molecular complexity index is 1180. The highest BCUT2D eigenvalue weighted by Crippen LogP contribution is 2.49. The predicted molar refractivity (Wildman–Crippen MR) is 121 cm³/mol. The molecule has 0 saturated carbocycles. The molecular weight excluding hydrogens is 476 g/mol. The second kappa shape index (κ2) is 7.96. The van der Waals surface area contributed by atoms with Crippen LogP contribution in [-0.2, 0) is 14.4 Å². The molecule has 0 radical (unpaired) electrons. The molecule has 7 nitrogen and oxygen atoms in total. The van der Waals surface area contributed by atoms with E-state index in [1.807, 2.05) is 30.3 Å². The molecule has 3 aromatic rings. The van der Waals surface area contributed by atoms with Gasteiger partial charge in [0.25, 0.3) is 5.91 Å². The fourth-order valence-corrected chi connectivity index (χ4v) is 4.66. The summed E-state index contributed by atoms with van der Waals surface area (Å²) < 4.78 is 5.91. The van der Waals surface area contributed by atoms with Crippen LogP contribution in [0.1, 0.15) is 11.6 Å². The number of rotatable bonds is 4. The van der Waals surface area contributed by atoms with Gasteiger partial charge in [0.1, 0.15) is 17.4 Å². The van der Waals surface area contributed by atoms with Gasteiger partial charge < -0.3 is 9.84 Å². The Morgan fingerprint density at radius 2 is 1.66 bits per heavy atom. The molecule has 162 valence electrons. The number of amides is 2. The number of carbonyl (C=O) groups excluding carboxylic acids is 2. The minimum absolute atomic E-state index is 0.0199. The third-order valence-electron chi connectivity index (χ3n) is 5.76. The van der Waals surface area contributed by atoms with Crippen LogP contribution in [0, 0.1) is 5.92 Å². The lowest BCUT2D eigenvalue weighted by atomic mass is 9.90. The van der Waals surface area contributed by atoms with Gasteiger partial charge in [0.2, 0.25) is 5.91 Å². The number of carbonyl (C=O) groups is 2. The standard InChI is InChI=1S/C24H19BrN2O5/c1-31-17-10-8-15(9-11-17)26-23(29)20-21(18-13-14(25)7-12-19(18)28)27(32-22(20)24(26)30)16-5-3-2-4-6-16/h2-13,20-22,28H,1H3/t20-,21+,22-/m0/s1. The summed E-state index contributed by atoms with van der Waals surface area (Å²) >= 11 is 3.44. The Balaban J connectivity index is 1.59. The summed E-state index contributed by atoms with van der Waals surface area (Å²) in [7, 11) is 1.55. The van der Waals surface area contributed by atoms with Crippen molar-refractivity contribution in [3.8, 4) is 11.5 Å². The number of hydrogen-bond donors (Lipinski definition) is 1. The molecular formula is C24H19BrN2O5. The van der Waals surface area contributed by atoms with Crippen LogP contribution in [0.2, 0.25) is 0 Å². The van der Waals surface area contributed by atoms with Crippen LogP contribution in [0.15, 0.2) is 77.3 Å². The topological polar surface area (TPSA) is 79.3 Å². The molecule has 3 atom stereocenters. The number of ether oxygens (including phenoxy) is 1. The lowest BCUT2D eigenvalue weighted by Gasteiger charge is -2.29. The summed E-state index contributed by atoms with van der Waals surface area (Å²) in [6.45, 7) is 0. The van der Waals surface area contributed by atoms with Crippen LogP contribution in [-0.4, -0.2) is 30.1 Å². The Morgan fingerprint density at radius 1 is 0.938 bits per heavy atom. The molecule has 0 unspecified atom stereocenters. The molecule has 2 aliphatic rings. The normalized spacial score (nSPS) is 22.4. The molecule has 1 N–H and O–H groups in total. The zero-order valence-corrected chi connectivity index (χ0v) is 18.6. The van der Waals surface area contributed by atoms with Gasteiger partial charge in [-0.25, -0.2) is 9.96 Å². The summed E-state index contributed by atoms with van der Waals surface area (Å²) in [4.78, 5) is 34.1. The van der Waals surface area contributed by atoms with Crippen molar-refractivity contribution in [2.24, 2.45) is 5.92 Å². The Morgan fingerprint density at radius 3 is 2.34 bits per heavy atom. The molecule has 0 spiro atoms. The summed E-state index contributed by atoms with van der Waals surface area (Å²) in [5.74, 6) is -1.01. The van der Waals surface area contributed by atoms with Crippen LogP contribution in [0.5, 0.6) is 11.5 Å². The number of hydroxylamine groups is 1. The van der Waals surface area contributed by atoms with Crippen LogP contribution >= 0.6 is 15.9 Å². The van der Waals surface area contributed by atoms with Crippen LogP contribution < -0.4 is 14.7 Å². The second-order valence-electron chi connectivity index (χ2n) is 7.57. The number of imide groups is 1. The maximum atomic E-state index is 13.6. The minimum atomic E-state index is -1.01. The van der Waals surface area contributed by atoms with Gasteiger partial charge >= 0.3 is 0 Å². The lowest BCUT2D eigenvalue weighted by molar-refractivity contribution is -0.126. The first-order valence-corrected chi connectivity index (χ1v) is 10.8. The van der Waals surface area contributed by atoms with Gasteiger partial charge in [-0.05, 0) is 54.6 Å². The van der Waals surface area contributed by atoms with E-state index in [2.05, 4.69) is 15.9 Å². The number of aromatic hydroxyl groups is 1. The van der Waals surface area contributed by atoms with E-state index in [1.54, 1.807) is 54.6 Å². The van der Waals surface area contributed by atoms with Gasteiger partial charge in [0.05, 0.1) is 24.5 Å². The van der Waals surface area contributed by atoms with Crippen LogP contribution in [0.25, 0.3) is 0 Å². The molecule has 8 heteroatoms. The number of halogens is 1. The quantitative estimate of drug-likeness (QED) is 0.547. The van der Waals surface area contributed by atoms with Crippen molar-refractivity contribution in [2.45, 2.75) is 12.1 Å². The largest absolute Gasteiger partial charge is 0.508 e. The molecule has 2 amide bonds. The molecule has 5 rings (SSSR count). The Labute approximate surface area is 192 Å². The maximum absolute atomic E-state index is 13.6. The molecule has 32 heavy (non-hydrogen) atoms. The highest BCUT2D eigenvalue weighted by Gasteiger charge is 2.60. The molecule has 0 bridgehead atoms. The Kier molecular flexibility index (Phi) is 5.11. The fourth-order valence-electron chi connectivity index (χ4n) is 4.28. The average molecular weight is 495 g/mol. The molecule has 2 saturated heterocycles. The number of phenols is 1. The highest BCUT2D eigenvalue weighted by atomic mass is 79.9. The monoisotopic (exact) mass is 494 g/mol. The van der Waals surface area contributed by atoms with Crippen molar-refractivity contribution in [2.75, 3.05) is 17.1 Å². The summed E-state index contributed by atoms with van der Waals surface area (Å²) in [5, 5.41) is 12.2. The minimum Gasteiger partial charge on any atom is -0.508 e. The number of para-hydroxylation sites is 1. The molecule has 0 aromatic heterocycles. The molecule has 0 aliphatic carbocycles. The molecule has 2 aliphatic heterocycles. The van der Waals surface area contributed by atoms with Gasteiger partial charge in [-0.2, -0.15) is 0 Å². The second-order valence-corrected chi connectivity index (χ2v) is 8.49. The Hall–Kier alpha value is -3.36. The number of phenolic OH excluding ortho intramolecular Hbond substituents is 1. The molecule has 2 heterocycles. The predicted octanol–water partition coefficient (Wildman–Crippen LogP) is 4.21. The third-order valence-corrected chi connectivity index (χ3v) is 6.26. The van der Waals surface area contributed by atoms with Gasteiger partial charge in [-0.1, -0.05) is 34.1 Å². The van der Waals surface area contributed by atoms with E-state index in [9.17, 15) is 14.7 Å². The first-order chi connectivity index (χ1) is 15.5. The van der Waals surface area contributed by atoms with Crippen molar-refractivity contribution in [1.29, 1.82) is 0 Å². The number of anilines is 2. The summed E-state index contributed by atoms with van der Waals surface area (Å²) in [5.41, 5.74) is 1.62. The number of nitrogens with zero attached hydrogens (tertiary/aromatic N) is 2. The lowest BCUT2D eigenvalue weighted by Crippen LogP contribution is -2.37. The number of hydrogen-bond acceptors (Lipinski definition) is 6. The number of methoxy groups -OCH3 is 1. The van der Waals surface area contributed by atoms with E-state index < -0.39 is 24.0 Å². The van der Waals surface area contributed by atoms with Crippen LogP contribution in [0.3, 0.4) is 0 Å². The summed E-state index contributed by atoms with van der Waals surface area (Å²) in [6.07, 6.45) is -1.01. The van der Waals surface area contributed by atoms with E-state index in [4.69, 9.17) is 9.57 Å².